The number of benzene rings is 3. The van der Waals surface area contributed by atoms with Gasteiger partial charge in [0, 0.05) is 0 Å². The van der Waals surface area contributed by atoms with Crippen LogP contribution in [0.4, 0.5) is 0 Å². The molecule has 0 aromatic heterocycles. The Balaban J connectivity index is 0.000000387. The maximum Gasteiger partial charge on any atom is 0.231 e. The summed E-state index contributed by atoms with van der Waals surface area (Å²) in [6.45, 7) is 4.24. The monoisotopic (exact) mass is 346 g/mol. The molecule has 3 aromatic carbocycles. The highest BCUT2D eigenvalue weighted by atomic mass is 16.1. The number of rotatable bonds is 1. The summed E-state index contributed by atoms with van der Waals surface area (Å²) >= 11 is 0. The van der Waals surface area contributed by atoms with Crippen molar-refractivity contribution in [2.24, 2.45) is 0 Å². The van der Waals surface area contributed by atoms with Gasteiger partial charge < -0.3 is 0 Å². The molecule has 2 N–H and O–H groups in total. The minimum absolute atomic E-state index is 0.750. The smallest absolute Gasteiger partial charge is 0.222 e. The van der Waals surface area contributed by atoms with Crippen molar-refractivity contribution >= 4 is 12.2 Å². The number of carbonyl (C=O) groups excluding carboxylic acids is 2. The molecule has 0 radical (unpaired) electrons. The van der Waals surface area contributed by atoms with Gasteiger partial charge in [-0.15, -0.1) is 0 Å². The highest BCUT2D eigenvalue weighted by Crippen LogP contribution is 2.17. The minimum atomic E-state index is 0.750. The summed E-state index contributed by atoms with van der Waals surface area (Å²) in [6, 6.07) is 29.1. The van der Waals surface area contributed by atoms with E-state index in [1.54, 1.807) is 0 Å². The van der Waals surface area contributed by atoms with Gasteiger partial charge in [-0.1, -0.05) is 84.9 Å². The molecule has 0 amide bonds. The van der Waals surface area contributed by atoms with E-state index in [0.717, 1.165) is 12.2 Å². The number of nitrogens with one attached hydrogen (secondary N) is 2. The third-order valence-corrected chi connectivity index (χ3v) is 3.31. The Morgan fingerprint density at radius 3 is 1.00 bits per heavy atom. The summed E-state index contributed by atoms with van der Waals surface area (Å²) in [5.41, 5.74) is 5.29. The molecule has 0 heterocycles. The van der Waals surface area contributed by atoms with E-state index in [2.05, 4.69) is 86.6 Å². The summed E-state index contributed by atoms with van der Waals surface area (Å²) < 4.78 is 0. The summed E-state index contributed by atoms with van der Waals surface area (Å²) in [5.74, 6) is 0. The Kier molecular flexibility index (Phi) is 12.9. The van der Waals surface area contributed by atoms with Gasteiger partial charge in [-0.25, -0.2) is 20.4 Å². The lowest BCUT2D eigenvalue weighted by molar-refractivity contribution is 0.562. The Hall–Kier alpha value is -3.58. The zero-order valence-electron chi connectivity index (χ0n) is 14.9. The molecule has 0 saturated heterocycles. The van der Waals surface area contributed by atoms with E-state index in [-0.39, 0.29) is 0 Å². The predicted molar refractivity (Wildman–Crippen MR) is 105 cm³/mol. The van der Waals surface area contributed by atoms with Crippen molar-refractivity contribution in [2.75, 3.05) is 0 Å². The predicted octanol–water partition coefficient (Wildman–Crippen LogP) is 5.46. The van der Waals surface area contributed by atoms with Crippen molar-refractivity contribution in [1.29, 1.82) is 10.8 Å². The highest BCUT2D eigenvalue weighted by Gasteiger charge is 1.91. The van der Waals surface area contributed by atoms with Gasteiger partial charge in [0.15, 0.2) is 0 Å². The van der Waals surface area contributed by atoms with Crippen molar-refractivity contribution in [3.63, 3.8) is 0 Å². The van der Waals surface area contributed by atoms with E-state index in [0.29, 0.717) is 0 Å². The van der Waals surface area contributed by atoms with Crippen molar-refractivity contribution in [3.05, 3.63) is 96.1 Å². The molecule has 0 bridgehead atoms. The zero-order valence-corrected chi connectivity index (χ0v) is 14.9. The second-order valence-corrected chi connectivity index (χ2v) is 5.02. The summed E-state index contributed by atoms with van der Waals surface area (Å²) in [4.78, 5) is 16.7. The lowest BCUT2D eigenvalue weighted by Gasteiger charge is -1.98. The van der Waals surface area contributed by atoms with Crippen LogP contribution >= 0.6 is 0 Å². The van der Waals surface area contributed by atoms with Crippen LogP contribution in [0.5, 0.6) is 0 Å². The van der Waals surface area contributed by atoms with Gasteiger partial charge in [-0.05, 0) is 36.1 Å². The van der Waals surface area contributed by atoms with Crippen molar-refractivity contribution < 1.29 is 9.59 Å². The Labute approximate surface area is 154 Å². The molecular weight excluding hydrogens is 324 g/mol. The average Bonchev–Trinajstić information content (AvgIpc) is 2.67. The van der Waals surface area contributed by atoms with Gasteiger partial charge in [0.1, 0.15) is 0 Å². The average molecular weight is 346 g/mol. The Bertz CT molecular complexity index is 733. The molecule has 0 aliphatic heterocycles. The van der Waals surface area contributed by atoms with E-state index in [9.17, 15) is 0 Å². The van der Waals surface area contributed by atoms with E-state index < -0.39 is 0 Å². The summed E-state index contributed by atoms with van der Waals surface area (Å²) in [5, 5.41) is 10.8. The minimum Gasteiger partial charge on any atom is -0.222 e. The van der Waals surface area contributed by atoms with Gasteiger partial charge in [0.25, 0.3) is 0 Å². The maximum absolute atomic E-state index is 8.35. The third kappa shape index (κ3) is 10.2. The first-order valence-electron chi connectivity index (χ1n) is 7.81. The van der Waals surface area contributed by atoms with Crippen LogP contribution in [-0.2, 0) is 9.59 Å². The normalized spacial score (nSPS) is 7.92. The van der Waals surface area contributed by atoms with Crippen LogP contribution < -0.4 is 0 Å². The Morgan fingerprint density at radius 2 is 0.769 bits per heavy atom. The zero-order chi connectivity index (χ0) is 19.6. The van der Waals surface area contributed by atoms with E-state index >= 15 is 0 Å². The van der Waals surface area contributed by atoms with E-state index in [1.807, 2.05) is 12.1 Å². The van der Waals surface area contributed by atoms with Gasteiger partial charge in [0.05, 0.1) is 0 Å². The van der Waals surface area contributed by atoms with Crippen LogP contribution in [-0.4, -0.2) is 12.2 Å². The lowest BCUT2D eigenvalue weighted by atomic mass is 10.1. The fraction of sp³-hybridized carbons (Fsp3) is 0.0909. The van der Waals surface area contributed by atoms with Crippen LogP contribution in [0, 0.1) is 24.7 Å². The second-order valence-electron chi connectivity index (χ2n) is 5.02. The molecule has 0 spiro atoms. The molecule has 132 valence electrons. The number of aryl methyl sites for hydroxylation is 2. The maximum atomic E-state index is 8.35. The fourth-order valence-electron chi connectivity index (χ4n) is 1.92. The van der Waals surface area contributed by atoms with Crippen LogP contribution in [0.2, 0.25) is 0 Å². The molecule has 3 aromatic rings. The largest absolute Gasteiger partial charge is 0.231 e. The first-order chi connectivity index (χ1) is 12.6. The van der Waals surface area contributed by atoms with Crippen molar-refractivity contribution in [3.8, 4) is 11.1 Å². The molecule has 26 heavy (non-hydrogen) atoms. The van der Waals surface area contributed by atoms with Crippen LogP contribution in [0.3, 0.4) is 0 Å². The fourth-order valence-corrected chi connectivity index (χ4v) is 1.92. The SMILES string of the molecule is Cc1ccccc1C.N=C=O.N=C=O.c1ccc(-c2ccccc2)cc1. The van der Waals surface area contributed by atoms with Crippen LogP contribution in [0.1, 0.15) is 11.1 Å². The van der Waals surface area contributed by atoms with E-state index in [4.69, 9.17) is 20.4 Å². The molecule has 0 saturated carbocycles. The molecule has 0 atom stereocenters. The molecule has 0 aliphatic carbocycles. The van der Waals surface area contributed by atoms with Gasteiger partial charge in [-0.3, -0.25) is 0 Å². The van der Waals surface area contributed by atoms with Gasteiger partial charge in [-0.2, -0.15) is 0 Å². The molecule has 0 aliphatic rings. The number of hydrogen-bond donors (Lipinski definition) is 2. The number of isocyanates is 2. The first-order valence-corrected chi connectivity index (χ1v) is 7.81. The quantitative estimate of drug-likeness (QED) is 0.453. The second kappa shape index (κ2) is 15.0. The molecule has 4 nitrogen and oxygen atoms in total. The van der Waals surface area contributed by atoms with E-state index in [1.165, 1.54) is 22.3 Å². The lowest BCUT2D eigenvalue weighted by Crippen LogP contribution is -1.74. The Morgan fingerprint density at radius 1 is 0.538 bits per heavy atom. The van der Waals surface area contributed by atoms with Crippen molar-refractivity contribution in [1.82, 2.24) is 0 Å². The topological polar surface area (TPSA) is 81.8 Å². The molecule has 0 fully saturated rings. The number of hydrogen-bond acceptors (Lipinski definition) is 4. The van der Waals surface area contributed by atoms with Crippen molar-refractivity contribution in [2.45, 2.75) is 13.8 Å². The summed E-state index contributed by atoms with van der Waals surface area (Å²) in [7, 11) is 0. The third-order valence-electron chi connectivity index (χ3n) is 3.31. The van der Waals surface area contributed by atoms with Crippen LogP contribution in [0.15, 0.2) is 84.9 Å². The summed E-state index contributed by atoms with van der Waals surface area (Å²) in [6.07, 6.45) is 1.50. The standard InChI is InChI=1S/C12H10.C8H10.2CHNO/c1-3-7-11(8-4-1)12-9-5-2-6-10-12;1-7-5-3-4-6-8(7)2;2*2-1-3/h1-10H;3-6H,1-2H3;2*2H. The van der Waals surface area contributed by atoms with Gasteiger partial charge >= 0.3 is 0 Å². The van der Waals surface area contributed by atoms with Crippen LogP contribution in [0.25, 0.3) is 11.1 Å². The molecule has 3 rings (SSSR count). The molecule has 4 heteroatoms. The molecule has 0 unspecified atom stereocenters. The van der Waals surface area contributed by atoms with Gasteiger partial charge in [0.2, 0.25) is 12.2 Å². The first kappa shape index (κ1) is 22.4. The highest BCUT2D eigenvalue weighted by molar-refractivity contribution is 5.62. The molecular formula is C22H22N2O2.